The average Bonchev–Trinajstić information content (AvgIpc) is 3.02. The maximum atomic E-state index is 14.4. The summed E-state index contributed by atoms with van der Waals surface area (Å²) in [7, 11) is -4.42. The minimum atomic E-state index is -4.42. The molecule has 46 heavy (non-hydrogen) atoms. The maximum Gasteiger partial charge on any atom is 0.271 e. The Balaban J connectivity index is 1.84. The lowest BCUT2D eigenvalue weighted by Crippen LogP contribution is -2.56. The number of anilines is 1. The van der Waals surface area contributed by atoms with Gasteiger partial charge in [0, 0.05) is 30.6 Å². The van der Waals surface area contributed by atoms with Crippen LogP contribution in [-0.4, -0.2) is 48.2 Å². The number of carbonyl (C=O) groups excluding carboxylic acids is 2. The lowest BCUT2D eigenvalue weighted by Gasteiger charge is -2.35. The number of non-ortho nitro benzene ring substituents is 1. The van der Waals surface area contributed by atoms with E-state index in [0.29, 0.717) is 5.56 Å². The van der Waals surface area contributed by atoms with Crippen molar-refractivity contribution in [2.24, 2.45) is 0 Å². The van der Waals surface area contributed by atoms with Gasteiger partial charge in [0.1, 0.15) is 18.4 Å². The highest BCUT2D eigenvalue weighted by Gasteiger charge is 2.36. The minimum absolute atomic E-state index is 0.0952. The molecule has 4 aromatic carbocycles. The molecule has 12 heteroatoms. The van der Waals surface area contributed by atoms with Gasteiger partial charge in [0.05, 0.1) is 15.5 Å². The number of hydrogen-bond acceptors (Lipinski definition) is 6. The number of amides is 2. The molecule has 2 amide bonds. The van der Waals surface area contributed by atoms with Crippen LogP contribution in [0, 0.1) is 15.9 Å². The van der Waals surface area contributed by atoms with E-state index in [1.54, 1.807) is 39.0 Å². The van der Waals surface area contributed by atoms with Crippen molar-refractivity contribution in [2.75, 3.05) is 10.8 Å². The Morgan fingerprint density at radius 2 is 1.48 bits per heavy atom. The normalized spacial score (nSPS) is 12.2. The molecule has 0 spiro atoms. The Labute approximate surface area is 267 Å². The van der Waals surface area contributed by atoms with E-state index in [1.807, 2.05) is 18.2 Å². The van der Waals surface area contributed by atoms with Gasteiger partial charge in [0.25, 0.3) is 15.7 Å². The molecular weight excluding hydrogens is 611 g/mol. The number of nitrogens with one attached hydrogen (secondary N) is 1. The van der Waals surface area contributed by atoms with E-state index >= 15 is 0 Å². The fraction of sp³-hybridized carbons (Fsp3) is 0.235. The summed E-state index contributed by atoms with van der Waals surface area (Å²) in [5, 5.41) is 14.5. The van der Waals surface area contributed by atoms with Gasteiger partial charge in [-0.2, -0.15) is 0 Å². The van der Waals surface area contributed by atoms with Crippen molar-refractivity contribution in [2.45, 2.75) is 50.2 Å². The Morgan fingerprint density at radius 3 is 2.07 bits per heavy atom. The van der Waals surface area contributed by atoms with E-state index in [1.165, 1.54) is 71.6 Å². The maximum absolute atomic E-state index is 14.4. The molecule has 4 rings (SSSR count). The van der Waals surface area contributed by atoms with Crippen LogP contribution in [0.4, 0.5) is 15.8 Å². The summed E-state index contributed by atoms with van der Waals surface area (Å²) in [6, 6.07) is 25.7. The zero-order valence-electron chi connectivity index (χ0n) is 25.7. The third kappa shape index (κ3) is 8.75. The summed E-state index contributed by atoms with van der Waals surface area (Å²) >= 11 is 0. The van der Waals surface area contributed by atoms with Crippen LogP contribution in [-0.2, 0) is 32.6 Å². The highest BCUT2D eigenvalue weighted by atomic mass is 32.2. The second-order valence-electron chi connectivity index (χ2n) is 11.7. The first-order valence-corrected chi connectivity index (χ1v) is 15.9. The molecule has 0 radical (unpaired) electrons. The number of nitro benzene ring substituents is 1. The molecular formula is C34H35FN4O6S. The van der Waals surface area contributed by atoms with Gasteiger partial charge in [-0.15, -0.1) is 0 Å². The molecule has 10 nitrogen and oxygen atoms in total. The van der Waals surface area contributed by atoms with Crippen molar-refractivity contribution in [1.29, 1.82) is 0 Å². The Morgan fingerprint density at radius 1 is 0.870 bits per heavy atom. The SMILES string of the molecule is CC(C)(C)NC(=O)[C@@H](Cc1ccccc1)N(Cc1ccc(F)cc1)C(=O)CN(c1cccc([N+](=O)[O-])c1)S(=O)(=O)c1ccccc1. The number of benzene rings is 4. The molecule has 0 saturated carbocycles. The molecule has 0 bridgehead atoms. The zero-order valence-corrected chi connectivity index (χ0v) is 26.5. The van der Waals surface area contributed by atoms with Crippen LogP contribution in [0.1, 0.15) is 31.9 Å². The standard InChI is InChI=1S/C34H35FN4O6S/c1-34(2,3)36-33(41)31(21-25-11-6-4-7-12-25)37(23-26-17-19-27(35)20-18-26)32(40)24-38(28-13-10-14-29(22-28)39(42)43)46(44,45)30-15-8-5-9-16-30/h4-20,22,31H,21,23-24H2,1-3H3,(H,36,41)/t31-/m1/s1. The molecule has 0 heterocycles. The number of nitrogens with zero attached hydrogens (tertiary/aromatic N) is 3. The van der Waals surface area contributed by atoms with Crippen LogP contribution < -0.4 is 9.62 Å². The molecule has 0 aliphatic carbocycles. The summed E-state index contributed by atoms with van der Waals surface area (Å²) in [5.74, 6) is -1.71. The number of halogens is 1. The molecule has 0 saturated heterocycles. The molecule has 240 valence electrons. The number of hydrogen-bond donors (Lipinski definition) is 1. The van der Waals surface area contributed by atoms with Crippen LogP contribution in [0.5, 0.6) is 0 Å². The quantitative estimate of drug-likeness (QED) is 0.160. The van der Waals surface area contributed by atoms with Crippen LogP contribution in [0.3, 0.4) is 0 Å². The van der Waals surface area contributed by atoms with E-state index < -0.39 is 50.7 Å². The molecule has 0 aliphatic heterocycles. The fourth-order valence-corrected chi connectivity index (χ4v) is 6.23. The molecule has 4 aromatic rings. The van der Waals surface area contributed by atoms with Crippen molar-refractivity contribution in [1.82, 2.24) is 10.2 Å². The monoisotopic (exact) mass is 646 g/mol. The molecule has 0 aliphatic rings. The average molecular weight is 647 g/mol. The first kappa shape index (κ1) is 33.8. The zero-order chi connectivity index (χ0) is 33.5. The lowest BCUT2D eigenvalue weighted by atomic mass is 10.0. The Kier molecular flexibility index (Phi) is 10.5. The third-order valence-electron chi connectivity index (χ3n) is 6.97. The number of nitro groups is 1. The largest absolute Gasteiger partial charge is 0.350 e. The Bertz CT molecular complexity index is 1780. The van der Waals surface area contributed by atoms with Gasteiger partial charge in [-0.05, 0) is 62.2 Å². The summed E-state index contributed by atoms with van der Waals surface area (Å²) in [5.41, 5.74) is 0.118. The van der Waals surface area contributed by atoms with E-state index in [2.05, 4.69) is 5.32 Å². The van der Waals surface area contributed by atoms with Gasteiger partial charge < -0.3 is 10.2 Å². The van der Waals surface area contributed by atoms with Crippen molar-refractivity contribution in [3.8, 4) is 0 Å². The summed E-state index contributed by atoms with van der Waals surface area (Å²) in [4.78, 5) is 40.4. The second kappa shape index (κ2) is 14.3. The van der Waals surface area contributed by atoms with Crippen LogP contribution in [0.2, 0.25) is 0 Å². The van der Waals surface area contributed by atoms with E-state index in [9.17, 15) is 32.5 Å². The summed E-state index contributed by atoms with van der Waals surface area (Å²) in [6.45, 7) is 4.46. The first-order chi connectivity index (χ1) is 21.7. The van der Waals surface area contributed by atoms with E-state index in [0.717, 1.165) is 15.9 Å². The van der Waals surface area contributed by atoms with Gasteiger partial charge in [-0.25, -0.2) is 12.8 Å². The van der Waals surface area contributed by atoms with Crippen molar-refractivity contribution in [3.05, 3.63) is 136 Å². The second-order valence-corrected chi connectivity index (χ2v) is 13.6. The lowest BCUT2D eigenvalue weighted by molar-refractivity contribution is -0.384. The van der Waals surface area contributed by atoms with Gasteiger partial charge in [-0.3, -0.25) is 24.0 Å². The third-order valence-corrected chi connectivity index (χ3v) is 8.76. The van der Waals surface area contributed by atoms with E-state index in [-0.39, 0.29) is 29.2 Å². The van der Waals surface area contributed by atoms with Crippen molar-refractivity contribution >= 4 is 33.2 Å². The van der Waals surface area contributed by atoms with Crippen LogP contribution >= 0.6 is 0 Å². The highest BCUT2D eigenvalue weighted by Crippen LogP contribution is 2.28. The number of rotatable bonds is 12. The van der Waals surface area contributed by atoms with Crippen molar-refractivity contribution < 1.29 is 27.3 Å². The van der Waals surface area contributed by atoms with Gasteiger partial charge in [-0.1, -0.05) is 66.7 Å². The summed E-state index contributed by atoms with van der Waals surface area (Å²) in [6.07, 6.45) is 0.0952. The minimum Gasteiger partial charge on any atom is -0.350 e. The smallest absolute Gasteiger partial charge is 0.271 e. The van der Waals surface area contributed by atoms with Gasteiger partial charge in [0.2, 0.25) is 11.8 Å². The van der Waals surface area contributed by atoms with E-state index in [4.69, 9.17) is 0 Å². The number of sulfonamides is 1. The van der Waals surface area contributed by atoms with Crippen LogP contribution in [0.25, 0.3) is 0 Å². The topological polar surface area (TPSA) is 130 Å². The first-order valence-electron chi connectivity index (χ1n) is 14.5. The van der Waals surface area contributed by atoms with Gasteiger partial charge in [0.15, 0.2) is 0 Å². The molecule has 1 N–H and O–H groups in total. The fourth-order valence-electron chi connectivity index (χ4n) is 4.80. The predicted octanol–water partition coefficient (Wildman–Crippen LogP) is 5.48. The molecule has 0 unspecified atom stereocenters. The molecule has 0 aromatic heterocycles. The van der Waals surface area contributed by atoms with Crippen molar-refractivity contribution in [3.63, 3.8) is 0 Å². The molecule has 0 fully saturated rings. The molecule has 1 atom stereocenters. The number of carbonyl (C=O) groups is 2. The van der Waals surface area contributed by atoms with Crippen LogP contribution in [0.15, 0.2) is 114 Å². The Hall–Kier alpha value is -5.10. The van der Waals surface area contributed by atoms with Gasteiger partial charge >= 0.3 is 0 Å². The predicted molar refractivity (Wildman–Crippen MR) is 173 cm³/mol. The highest BCUT2D eigenvalue weighted by molar-refractivity contribution is 7.92. The summed E-state index contributed by atoms with van der Waals surface area (Å²) < 4.78 is 42.6.